The van der Waals surface area contributed by atoms with Gasteiger partial charge in [-0.1, -0.05) is 51.1 Å². The van der Waals surface area contributed by atoms with Crippen LogP contribution in [0.1, 0.15) is 38.3 Å². The van der Waals surface area contributed by atoms with Crippen LogP contribution in [0.25, 0.3) is 0 Å². The van der Waals surface area contributed by atoms with E-state index in [1.54, 1.807) is 18.2 Å². The first kappa shape index (κ1) is 16.1. The number of phenolic OH excluding ortho intramolecular Hbond substituents is 1. The first-order valence-corrected chi connectivity index (χ1v) is 7.53. The van der Waals surface area contributed by atoms with Gasteiger partial charge < -0.3 is 10.4 Å². The third-order valence-corrected chi connectivity index (χ3v) is 3.59. The molecule has 2 N–H and O–H groups in total. The van der Waals surface area contributed by atoms with Gasteiger partial charge in [-0.05, 0) is 35.1 Å². The zero-order valence-electron chi connectivity index (χ0n) is 13.4. The number of benzene rings is 2. The van der Waals surface area contributed by atoms with Crippen molar-refractivity contribution in [3.8, 4) is 5.75 Å². The van der Waals surface area contributed by atoms with E-state index in [1.807, 2.05) is 0 Å². The van der Waals surface area contributed by atoms with Crippen LogP contribution in [-0.2, 0) is 16.6 Å². The molecule has 0 unspecified atom stereocenters. The Kier molecular flexibility index (Phi) is 4.86. The van der Waals surface area contributed by atoms with Crippen molar-refractivity contribution in [1.82, 2.24) is 0 Å². The lowest BCUT2D eigenvalue weighted by Gasteiger charge is -2.19. The Bertz CT molecular complexity index is 639. The van der Waals surface area contributed by atoms with Crippen LogP contribution < -0.4 is 5.32 Å². The molecule has 2 rings (SSSR count). The molecule has 0 saturated carbocycles. The van der Waals surface area contributed by atoms with Gasteiger partial charge in [0.05, 0.1) is 0 Å². The topological polar surface area (TPSA) is 49.3 Å². The average Bonchev–Trinajstić information content (AvgIpc) is 2.45. The number of carbonyl (C=O) groups is 1. The summed E-state index contributed by atoms with van der Waals surface area (Å²) in [4.78, 5) is 11.9. The maximum absolute atomic E-state index is 11.9. The molecular formula is C19H23NO2. The van der Waals surface area contributed by atoms with E-state index in [2.05, 4.69) is 50.4 Å². The molecule has 0 spiro atoms. The van der Waals surface area contributed by atoms with Crippen LogP contribution in [0.3, 0.4) is 0 Å². The van der Waals surface area contributed by atoms with E-state index >= 15 is 0 Å². The highest BCUT2D eigenvalue weighted by Crippen LogP contribution is 2.22. The van der Waals surface area contributed by atoms with E-state index in [9.17, 15) is 9.90 Å². The predicted octanol–water partition coefficient (Wildman–Crippen LogP) is 4.26. The van der Waals surface area contributed by atoms with Crippen molar-refractivity contribution in [2.75, 3.05) is 5.32 Å². The summed E-state index contributed by atoms with van der Waals surface area (Å²) in [6.45, 7) is 6.56. The molecule has 0 aliphatic carbocycles. The quantitative estimate of drug-likeness (QED) is 0.885. The molecule has 116 valence electrons. The van der Waals surface area contributed by atoms with Crippen LogP contribution in [0, 0.1) is 0 Å². The highest BCUT2D eigenvalue weighted by Gasteiger charge is 2.13. The third kappa shape index (κ3) is 4.62. The van der Waals surface area contributed by atoms with Gasteiger partial charge in [0.15, 0.2) is 0 Å². The summed E-state index contributed by atoms with van der Waals surface area (Å²) in [5.74, 6) is 0.0982. The molecular weight excluding hydrogens is 274 g/mol. The first-order chi connectivity index (χ1) is 10.3. The molecule has 0 bridgehead atoms. The number of rotatable bonds is 4. The van der Waals surface area contributed by atoms with E-state index in [4.69, 9.17) is 0 Å². The molecule has 2 aromatic rings. The number of hydrogen-bond acceptors (Lipinski definition) is 2. The van der Waals surface area contributed by atoms with Gasteiger partial charge in [0, 0.05) is 18.2 Å². The van der Waals surface area contributed by atoms with Crippen LogP contribution in [0.15, 0.2) is 48.5 Å². The van der Waals surface area contributed by atoms with Crippen molar-refractivity contribution in [2.24, 2.45) is 0 Å². The summed E-state index contributed by atoms with van der Waals surface area (Å²) >= 11 is 0. The second kappa shape index (κ2) is 6.65. The maximum Gasteiger partial charge on any atom is 0.224 e. The summed E-state index contributed by atoms with van der Waals surface area (Å²) in [5.41, 5.74) is 3.21. The fraction of sp³-hybridized carbons (Fsp3) is 0.316. The number of nitrogens with one attached hydrogen (secondary N) is 1. The minimum atomic E-state index is -0.0505. The molecule has 3 heteroatoms. The lowest BCUT2D eigenvalue weighted by atomic mass is 9.86. The normalized spacial score (nSPS) is 11.2. The summed E-state index contributed by atoms with van der Waals surface area (Å²) in [6.07, 6.45) is 1.12. The number of phenols is 1. The Balaban J connectivity index is 1.88. The largest absolute Gasteiger partial charge is 0.508 e. The van der Waals surface area contributed by atoms with Gasteiger partial charge in [-0.15, -0.1) is 0 Å². The molecule has 22 heavy (non-hydrogen) atoms. The molecule has 0 saturated heterocycles. The van der Waals surface area contributed by atoms with E-state index < -0.39 is 0 Å². The van der Waals surface area contributed by atoms with Crippen LogP contribution in [0.2, 0.25) is 0 Å². The zero-order valence-corrected chi connectivity index (χ0v) is 13.4. The van der Waals surface area contributed by atoms with E-state index in [0.29, 0.717) is 18.5 Å². The molecule has 0 aliphatic heterocycles. The summed E-state index contributed by atoms with van der Waals surface area (Å²) < 4.78 is 0. The highest BCUT2D eigenvalue weighted by atomic mass is 16.3. The Morgan fingerprint density at radius 2 is 1.77 bits per heavy atom. The van der Waals surface area contributed by atoms with E-state index in [-0.39, 0.29) is 17.1 Å². The van der Waals surface area contributed by atoms with Crippen LogP contribution >= 0.6 is 0 Å². The average molecular weight is 297 g/mol. The van der Waals surface area contributed by atoms with E-state index in [1.165, 1.54) is 11.6 Å². The molecule has 0 fully saturated rings. The van der Waals surface area contributed by atoms with Crippen molar-refractivity contribution >= 4 is 11.6 Å². The predicted molar refractivity (Wildman–Crippen MR) is 90.2 cm³/mol. The standard InChI is InChI=1S/C19H23NO2/c1-19(2,3)15-10-7-14(8-11-15)9-12-18(22)20-16-5-4-6-17(21)13-16/h4-8,10-11,13,21H,9,12H2,1-3H3,(H,20,22). The Morgan fingerprint density at radius 1 is 1.09 bits per heavy atom. The van der Waals surface area contributed by atoms with Crippen molar-refractivity contribution in [2.45, 2.75) is 39.0 Å². The molecule has 0 heterocycles. The second-order valence-electron chi connectivity index (χ2n) is 6.55. The minimum Gasteiger partial charge on any atom is -0.508 e. The third-order valence-electron chi connectivity index (χ3n) is 3.59. The first-order valence-electron chi connectivity index (χ1n) is 7.53. The highest BCUT2D eigenvalue weighted by molar-refractivity contribution is 5.91. The Morgan fingerprint density at radius 3 is 2.36 bits per heavy atom. The van der Waals surface area contributed by atoms with Gasteiger partial charge in [-0.2, -0.15) is 0 Å². The van der Waals surface area contributed by atoms with Gasteiger partial charge in [0.1, 0.15) is 5.75 Å². The van der Waals surface area contributed by atoms with Gasteiger partial charge in [-0.25, -0.2) is 0 Å². The lowest BCUT2D eigenvalue weighted by Crippen LogP contribution is -2.13. The lowest BCUT2D eigenvalue weighted by molar-refractivity contribution is -0.116. The summed E-state index contributed by atoms with van der Waals surface area (Å²) in [5, 5.41) is 12.2. The van der Waals surface area contributed by atoms with Gasteiger partial charge >= 0.3 is 0 Å². The molecule has 2 aromatic carbocycles. The minimum absolute atomic E-state index is 0.0505. The van der Waals surface area contributed by atoms with Crippen molar-refractivity contribution < 1.29 is 9.90 Å². The summed E-state index contributed by atoms with van der Waals surface area (Å²) in [7, 11) is 0. The molecule has 0 aliphatic rings. The van der Waals surface area contributed by atoms with Gasteiger partial charge in [-0.3, -0.25) is 4.79 Å². The number of aromatic hydroxyl groups is 1. The number of carbonyl (C=O) groups excluding carboxylic acids is 1. The van der Waals surface area contributed by atoms with Crippen molar-refractivity contribution in [3.63, 3.8) is 0 Å². The summed E-state index contributed by atoms with van der Waals surface area (Å²) in [6, 6.07) is 15.0. The molecule has 3 nitrogen and oxygen atoms in total. The van der Waals surface area contributed by atoms with Gasteiger partial charge in [0.2, 0.25) is 5.91 Å². The maximum atomic E-state index is 11.9. The fourth-order valence-corrected chi connectivity index (χ4v) is 2.24. The zero-order chi connectivity index (χ0) is 16.2. The van der Waals surface area contributed by atoms with Crippen LogP contribution in [0.4, 0.5) is 5.69 Å². The monoisotopic (exact) mass is 297 g/mol. The molecule has 0 atom stereocenters. The van der Waals surface area contributed by atoms with Crippen molar-refractivity contribution in [1.29, 1.82) is 0 Å². The van der Waals surface area contributed by atoms with Crippen molar-refractivity contribution in [3.05, 3.63) is 59.7 Å². The number of aryl methyl sites for hydroxylation is 1. The molecule has 1 amide bonds. The second-order valence-corrected chi connectivity index (χ2v) is 6.55. The SMILES string of the molecule is CC(C)(C)c1ccc(CCC(=O)Nc2cccc(O)c2)cc1. The Labute approximate surface area is 132 Å². The number of hydrogen-bond donors (Lipinski definition) is 2. The smallest absolute Gasteiger partial charge is 0.224 e. The number of anilines is 1. The Hall–Kier alpha value is -2.29. The molecule has 0 aromatic heterocycles. The fourth-order valence-electron chi connectivity index (χ4n) is 2.24. The number of amides is 1. The van der Waals surface area contributed by atoms with Crippen LogP contribution in [-0.4, -0.2) is 11.0 Å². The van der Waals surface area contributed by atoms with E-state index in [0.717, 1.165) is 5.56 Å². The van der Waals surface area contributed by atoms with Crippen LogP contribution in [0.5, 0.6) is 5.75 Å². The van der Waals surface area contributed by atoms with Gasteiger partial charge in [0.25, 0.3) is 0 Å². The molecule has 0 radical (unpaired) electrons.